The number of rotatable bonds is 8. The molecule has 1 unspecified atom stereocenters. The van der Waals surface area contributed by atoms with Crippen LogP contribution in [0.25, 0.3) is 60.6 Å². The smallest absolute Gasteiger partial charge is 0.347 e. The van der Waals surface area contributed by atoms with Crippen LogP contribution < -0.4 is 22.0 Å². The number of hydrazine groups is 1. The van der Waals surface area contributed by atoms with Crippen molar-refractivity contribution in [3.8, 4) is 0 Å². The Morgan fingerprint density at radius 2 is 1.32 bits per heavy atom. The Labute approximate surface area is 570 Å². The molecular formula is C73H93N23O2. The maximum absolute atomic E-state index is 11.3. The van der Waals surface area contributed by atoms with Crippen molar-refractivity contribution in [3.63, 3.8) is 0 Å². The highest BCUT2D eigenvalue weighted by Gasteiger charge is 2.29. The summed E-state index contributed by atoms with van der Waals surface area (Å²) in [5, 5.41) is 35.9. The number of aromatic nitrogens is 17. The molecule has 0 aliphatic carbocycles. The van der Waals surface area contributed by atoms with Crippen molar-refractivity contribution in [2.45, 2.75) is 152 Å². The largest absolute Gasteiger partial charge is 0.361 e. The number of amidine groups is 1. The fraction of sp³-hybridized carbons (Fsp3) is 0.356. The number of nitrogens with zero attached hydrogens (tertiary/aromatic N) is 14. The number of hydrogen-bond donors (Lipinski definition) is 9. The normalized spacial score (nSPS) is 14.3. The van der Waals surface area contributed by atoms with Crippen LogP contribution in [0.1, 0.15) is 180 Å². The molecule has 25 heteroatoms. The first-order valence-electron chi connectivity index (χ1n) is 33.4. The Morgan fingerprint density at radius 1 is 0.582 bits per heavy atom. The third-order valence-corrected chi connectivity index (χ3v) is 16.3. The third kappa shape index (κ3) is 17.7. The number of H-pyrrole nitrogens is 6. The van der Waals surface area contributed by atoms with E-state index < -0.39 is 0 Å². The zero-order chi connectivity index (χ0) is 70.2. The summed E-state index contributed by atoms with van der Waals surface area (Å²) < 4.78 is 1.60. The molecule has 0 radical (unpaired) electrons. The molecule has 0 saturated carbocycles. The Balaban J connectivity index is 0.000000131. The minimum Gasteiger partial charge on any atom is -0.361 e. The predicted octanol–water partition coefficient (Wildman–Crippen LogP) is 14.4. The first-order chi connectivity index (χ1) is 47.1. The average Bonchev–Trinajstić information content (AvgIpc) is 1.69. The molecule has 9 N–H and O–H groups in total. The molecule has 25 nitrogen and oxygen atoms in total. The minimum absolute atomic E-state index is 0.0185. The molecule has 1 fully saturated rings. The second-order valence-electron chi connectivity index (χ2n) is 26.3. The highest BCUT2D eigenvalue weighted by Crippen LogP contribution is 2.26. The van der Waals surface area contributed by atoms with Crippen molar-refractivity contribution in [2.24, 2.45) is 16.9 Å². The number of aromatic amines is 6. The van der Waals surface area contributed by atoms with E-state index in [9.17, 15) is 9.59 Å². The molecule has 12 aromatic rings. The van der Waals surface area contributed by atoms with Crippen LogP contribution in [0.5, 0.6) is 0 Å². The number of hydrogen-bond acceptors (Lipinski definition) is 16. The molecule has 4 aliphatic heterocycles. The SMILES string of the molecule is CC(C)C1=CC=CN2CNN=C12.CC(C)C1=CN2C(=O)NNC2C=C1.CC(C)c1[nH]nc2ncccc12.CC(C)c1c[nH]c2nccnc12.CC(C)c1cc2[nH]ccc2cn1.CC(C)c1cc2[nH]ncc2cn1.CC(C)c1cccc2n[nH]c(=O)n12.CC(C)c1nccc2[nH]ncc12. The molecule has 0 aromatic carbocycles. The van der Waals surface area contributed by atoms with Gasteiger partial charge >= 0.3 is 11.7 Å². The van der Waals surface area contributed by atoms with Gasteiger partial charge in [0.2, 0.25) is 0 Å². The Bertz CT molecular complexity index is 4620. The summed E-state index contributed by atoms with van der Waals surface area (Å²) in [6.07, 6.45) is 30.5. The maximum Gasteiger partial charge on any atom is 0.347 e. The molecule has 0 bridgehead atoms. The van der Waals surface area contributed by atoms with Gasteiger partial charge in [0.15, 0.2) is 22.8 Å². The molecular weight excluding hydrogens is 1230 g/mol. The number of pyridine rings is 5. The number of allylic oxidation sites excluding steroid dienone is 4. The van der Waals surface area contributed by atoms with Gasteiger partial charge in [-0.05, 0) is 119 Å². The number of urea groups is 1. The van der Waals surface area contributed by atoms with Crippen molar-refractivity contribution in [1.29, 1.82) is 0 Å². The van der Waals surface area contributed by atoms with Gasteiger partial charge in [-0.1, -0.05) is 129 Å². The van der Waals surface area contributed by atoms with Gasteiger partial charge < -0.3 is 14.9 Å². The molecule has 12 aromatic heterocycles. The lowest BCUT2D eigenvalue weighted by atomic mass is 10.00. The van der Waals surface area contributed by atoms with E-state index in [2.05, 4.69) is 228 Å². The summed E-state index contributed by atoms with van der Waals surface area (Å²) in [5.41, 5.74) is 24.1. The fourth-order valence-electron chi connectivity index (χ4n) is 10.7. The topological polar surface area (TPSA) is 317 Å². The molecule has 16 heterocycles. The lowest BCUT2D eigenvalue weighted by Crippen LogP contribution is -2.34. The van der Waals surface area contributed by atoms with Gasteiger partial charge in [-0.3, -0.25) is 51.0 Å². The second kappa shape index (κ2) is 33.1. The number of amides is 2. The summed E-state index contributed by atoms with van der Waals surface area (Å²) >= 11 is 0. The van der Waals surface area contributed by atoms with E-state index in [0.29, 0.717) is 53.0 Å². The number of carbonyl (C=O) groups excluding carboxylic acids is 1. The van der Waals surface area contributed by atoms with Crippen molar-refractivity contribution in [3.05, 3.63) is 209 Å². The van der Waals surface area contributed by atoms with Gasteiger partial charge in [0.1, 0.15) is 18.4 Å². The molecule has 98 heavy (non-hydrogen) atoms. The van der Waals surface area contributed by atoms with E-state index in [1.165, 1.54) is 27.6 Å². The molecule has 0 spiro atoms. The highest BCUT2D eigenvalue weighted by molar-refractivity contribution is 6.01. The number of nitrogens with one attached hydrogen (secondary N) is 9. The zero-order valence-electron chi connectivity index (χ0n) is 58.9. The van der Waals surface area contributed by atoms with E-state index in [0.717, 1.165) is 85.0 Å². The number of fused-ring (bicyclic) bond motifs is 8. The summed E-state index contributed by atoms with van der Waals surface area (Å²) in [4.78, 5) is 58.2. The standard InChI is InChI=1S/C10H12N2.C9H13N3O.C9H11N3O.3C9H11N3.C9H13N3.C9H11N3/c1-7(2)9-5-10-8(6-12-9)3-4-11-10;1-6(2)7-3-4-8-10-11-9(13)12(8)5-7;1-6(2)7-4-3-5-8-10-11-9(13)12(7)8;1-6(2)8-3-9-7(4-10-8)5-11-12-9;1-6(2)9-7-5-11-12-8(7)3-4-10-9;1-6(2)7-5-12-9-8(7)10-3-4-11-9;1-7(2)8-4-3-5-12-6-10-11-9(8)12;1-6(2)8-7-4-3-5-10-9(7)12-11-8/h3-7,11H,1-2H3;3-6,8,10H,1-2H3,(H,11,13);3-6H,1-2H3,(H,11,13);3*3-6H,1-2H3,(H,11,12);3-5,7,10H,6H2,1-2H3;3-6H,1-2H3,(H,10,11,12). The van der Waals surface area contributed by atoms with Crippen LogP contribution in [0, 0.1) is 11.8 Å². The summed E-state index contributed by atoms with van der Waals surface area (Å²) in [6, 6.07) is 17.7. The Kier molecular flexibility index (Phi) is 24.1. The average molecular weight is 1320 g/mol. The van der Waals surface area contributed by atoms with Gasteiger partial charge in [0.25, 0.3) is 0 Å². The predicted molar refractivity (Wildman–Crippen MR) is 391 cm³/mol. The van der Waals surface area contributed by atoms with Crippen molar-refractivity contribution in [1.82, 2.24) is 111 Å². The van der Waals surface area contributed by atoms with Crippen LogP contribution in [0.15, 0.2) is 174 Å². The molecule has 4 aliphatic rings. The molecule has 1 atom stereocenters. The number of carbonyl (C=O) groups is 1. The van der Waals surface area contributed by atoms with Gasteiger partial charge in [-0.2, -0.15) is 25.5 Å². The van der Waals surface area contributed by atoms with Crippen molar-refractivity contribution < 1.29 is 4.79 Å². The van der Waals surface area contributed by atoms with Gasteiger partial charge in [-0.15, -0.1) is 0 Å². The van der Waals surface area contributed by atoms with Crippen molar-refractivity contribution in [2.75, 3.05) is 6.67 Å². The van der Waals surface area contributed by atoms with E-state index in [1.807, 2.05) is 118 Å². The molecule has 2 amide bonds. The zero-order valence-corrected chi connectivity index (χ0v) is 58.9. The van der Waals surface area contributed by atoms with Crippen LogP contribution in [0.2, 0.25) is 0 Å². The van der Waals surface area contributed by atoms with Gasteiger partial charge in [0.05, 0.1) is 29.1 Å². The van der Waals surface area contributed by atoms with Crippen molar-refractivity contribution >= 4 is 72.4 Å². The maximum atomic E-state index is 11.3. The van der Waals surface area contributed by atoms with E-state index >= 15 is 0 Å². The van der Waals surface area contributed by atoms with Gasteiger partial charge in [0, 0.05) is 117 Å². The summed E-state index contributed by atoms with van der Waals surface area (Å²) in [7, 11) is 0. The van der Waals surface area contributed by atoms with Gasteiger partial charge in [-0.25, -0.2) is 34.5 Å². The molecule has 16 rings (SSSR count). The first-order valence-corrected chi connectivity index (χ1v) is 33.4. The van der Waals surface area contributed by atoms with E-state index in [4.69, 9.17) is 0 Å². The minimum atomic E-state index is -0.167. The lowest BCUT2D eigenvalue weighted by molar-refractivity contribution is 0.226. The monoisotopic (exact) mass is 1320 g/mol. The Morgan fingerprint density at radius 3 is 2.03 bits per heavy atom. The quantitative estimate of drug-likeness (QED) is 0.0683. The molecule has 512 valence electrons. The first kappa shape index (κ1) is 71.3. The van der Waals surface area contributed by atoms with Crippen LogP contribution >= 0.6 is 0 Å². The van der Waals surface area contributed by atoms with E-state index in [-0.39, 0.29) is 17.9 Å². The van der Waals surface area contributed by atoms with Crippen LogP contribution in [-0.2, 0) is 0 Å². The second-order valence-corrected chi connectivity index (χ2v) is 26.3. The van der Waals surface area contributed by atoms with Crippen LogP contribution in [0.4, 0.5) is 4.79 Å². The third-order valence-electron chi connectivity index (χ3n) is 16.3. The van der Waals surface area contributed by atoms with Crippen LogP contribution in [-0.4, -0.2) is 120 Å². The summed E-state index contributed by atoms with van der Waals surface area (Å²) in [6.45, 7) is 34.9. The Hall–Kier alpha value is -11.0. The number of hydrazone groups is 1. The molecule has 1 saturated heterocycles. The lowest BCUT2D eigenvalue weighted by Gasteiger charge is -2.22. The summed E-state index contributed by atoms with van der Waals surface area (Å²) in [5.74, 6) is 4.77. The van der Waals surface area contributed by atoms with E-state index in [1.54, 1.807) is 34.1 Å². The fourth-order valence-corrected chi connectivity index (χ4v) is 10.7. The van der Waals surface area contributed by atoms with Crippen LogP contribution in [0.3, 0.4) is 0 Å². The highest BCUT2D eigenvalue weighted by atomic mass is 16.2.